The minimum Gasteiger partial charge on any atom is -0.508 e. The molecule has 0 unspecified atom stereocenters. The quantitative estimate of drug-likeness (QED) is 0.0413. The first-order valence-electron chi connectivity index (χ1n) is 21.4. The molecule has 12 heteroatoms. The third-order valence-electron chi connectivity index (χ3n) is 12.5. The smallest absolute Gasteiger partial charge is 0.165 e. The van der Waals surface area contributed by atoms with E-state index < -0.39 is 18.2 Å². The fourth-order valence-electron chi connectivity index (χ4n) is 9.07. The van der Waals surface area contributed by atoms with Crippen molar-refractivity contribution in [1.29, 1.82) is 0 Å². The number of rotatable bonds is 7. The number of ether oxygens (including phenoxy) is 1. The Balaban J connectivity index is 1.23. The van der Waals surface area contributed by atoms with Crippen molar-refractivity contribution in [2.45, 2.75) is 101 Å². The number of hydrogen-bond donors (Lipinski definition) is 7. The van der Waals surface area contributed by atoms with Gasteiger partial charge in [0.2, 0.25) is 0 Å². The van der Waals surface area contributed by atoms with Crippen molar-refractivity contribution >= 4 is 33.2 Å². The number of fused-ring (bicyclic) bond motifs is 9. The molecule has 1 aliphatic heterocycles. The zero-order chi connectivity index (χ0) is 42.9. The lowest BCUT2D eigenvalue weighted by Gasteiger charge is -2.26. The lowest BCUT2D eigenvalue weighted by Crippen LogP contribution is -2.22. The highest BCUT2D eigenvalue weighted by atomic mass is 33.1. The average Bonchev–Trinajstić information content (AvgIpc) is 3.90. The Morgan fingerprint density at radius 2 is 1.77 bits per heavy atom. The van der Waals surface area contributed by atoms with Gasteiger partial charge in [-0.1, -0.05) is 76.6 Å². The molecule has 10 nitrogen and oxygen atoms in total. The predicted octanol–water partition coefficient (Wildman–Crippen LogP) is 7.93. The molecular weight excluding hydrogens is 807 g/mol. The van der Waals surface area contributed by atoms with Gasteiger partial charge in [-0.05, 0) is 114 Å². The van der Waals surface area contributed by atoms with Crippen LogP contribution in [0, 0.1) is 23.2 Å². The number of aliphatic hydroxyl groups is 2. The van der Waals surface area contributed by atoms with Crippen LogP contribution in [0.4, 0.5) is 0 Å². The summed E-state index contributed by atoms with van der Waals surface area (Å²) >= 11 is 0. The van der Waals surface area contributed by atoms with Gasteiger partial charge in [-0.15, -0.1) is 0 Å². The average molecular weight is 864 g/mol. The number of aromatic amines is 1. The molecule has 1 saturated carbocycles. The van der Waals surface area contributed by atoms with Gasteiger partial charge in [0.05, 0.1) is 31.9 Å². The second-order valence-electron chi connectivity index (χ2n) is 16.9. The van der Waals surface area contributed by atoms with Crippen molar-refractivity contribution in [2.24, 2.45) is 22.8 Å². The van der Waals surface area contributed by atoms with E-state index in [1.165, 1.54) is 0 Å². The summed E-state index contributed by atoms with van der Waals surface area (Å²) in [6, 6.07) is 16.5. The topological polar surface area (TPSA) is 192 Å². The Bertz CT molecular complexity index is 2290. The van der Waals surface area contributed by atoms with Crippen LogP contribution >= 0.6 is 21.6 Å². The highest BCUT2D eigenvalue weighted by molar-refractivity contribution is 8.76. The molecule has 4 atom stereocenters. The normalized spacial score (nSPS) is 22.2. The number of aromatic hydroxyl groups is 2. The molecule has 2 heterocycles. The fraction of sp³-hybridized carbons (Fsp3) is 0.429. The highest BCUT2D eigenvalue weighted by Gasteiger charge is 2.37. The molecule has 0 radical (unpaired) electrons. The molecule has 2 aliphatic carbocycles. The van der Waals surface area contributed by atoms with Gasteiger partial charge in [-0.3, -0.25) is 9.59 Å². The highest BCUT2D eigenvalue weighted by Crippen LogP contribution is 2.49. The van der Waals surface area contributed by atoms with E-state index in [0.29, 0.717) is 66.2 Å². The second kappa shape index (κ2) is 20.6. The van der Waals surface area contributed by atoms with Gasteiger partial charge in [0.25, 0.3) is 0 Å². The van der Waals surface area contributed by atoms with Gasteiger partial charge in [0.1, 0.15) is 5.75 Å². The van der Waals surface area contributed by atoms with Gasteiger partial charge < -0.3 is 41.6 Å². The molecule has 7 rings (SSSR count). The van der Waals surface area contributed by atoms with Gasteiger partial charge >= 0.3 is 0 Å². The van der Waals surface area contributed by atoms with E-state index in [4.69, 9.17) is 16.2 Å². The minimum atomic E-state index is -0.755. The number of benzene rings is 3. The van der Waals surface area contributed by atoms with Crippen LogP contribution in [0.25, 0.3) is 0 Å². The number of aryl methyl sites for hydroxylation is 1. The summed E-state index contributed by atoms with van der Waals surface area (Å²) in [5.74, 6) is 8.51. The second-order valence-corrected chi connectivity index (χ2v) is 19.4. The third-order valence-corrected chi connectivity index (χ3v) is 15.0. The number of aromatic nitrogens is 1. The van der Waals surface area contributed by atoms with Crippen LogP contribution in [-0.4, -0.2) is 62.0 Å². The summed E-state index contributed by atoms with van der Waals surface area (Å²) in [6.45, 7) is -0.00397. The number of carbonyl (C=O) groups is 2. The maximum absolute atomic E-state index is 14.1. The van der Waals surface area contributed by atoms with Crippen LogP contribution in [0.2, 0.25) is 0 Å². The number of H-pyrrole nitrogens is 1. The van der Waals surface area contributed by atoms with Crippen molar-refractivity contribution in [2.75, 3.05) is 19.0 Å². The van der Waals surface area contributed by atoms with Crippen molar-refractivity contribution in [3.8, 4) is 29.1 Å². The Hall–Kier alpha value is -4.48. The SMILES string of the molecule is NC(N)c1cc2c3cc1CSSC[C@H]1CC[C@@](CCCC[C@H](O)CO)(/C=C/C(=O)CCc4ccc(O)c(c4)OCCc4ccc(O)c(c4)[C@@H]3CC(=O)c3cc[nH]c3CC#C2)C1. The predicted molar refractivity (Wildman–Crippen MR) is 243 cm³/mol. The number of unbranched alkanes of at least 4 members (excludes halogenated alkanes) is 1. The molecule has 8 bridgehead atoms. The first-order chi connectivity index (χ1) is 29.5. The molecule has 0 spiro atoms. The largest absolute Gasteiger partial charge is 0.508 e. The van der Waals surface area contributed by atoms with Gasteiger partial charge in [0.15, 0.2) is 23.1 Å². The number of Topliss-reactive ketones (excluding diaryl/α,β-unsaturated/α-hetero) is 1. The van der Waals surface area contributed by atoms with E-state index in [1.807, 2.05) is 35.1 Å². The number of phenols is 2. The summed E-state index contributed by atoms with van der Waals surface area (Å²) < 4.78 is 6.12. The monoisotopic (exact) mass is 863 g/mol. The number of allylic oxidation sites excluding steroid dienone is 2. The summed E-state index contributed by atoms with van der Waals surface area (Å²) in [6.07, 6.45) is 12.1. The Labute approximate surface area is 366 Å². The standard InChI is InChI=1S/C49H57N3O7S2/c50-48(51)40-24-34-4-3-6-43-38(15-20-52-43)46(58)26-41-39(34)25-35(40)30-61-60-29-33-13-18-49(27-33,17-2-1-5-37(55)28-53)19-14-36(54)10-7-31-9-12-45(57)47(23-31)59-21-16-32-8-11-44(56)42(41)22-32/h8-9,11-12,14-15,19-20,22-25,33,37,41,48,52-53,55-57H,1-2,5-7,10,13,16-18,21,26-30,50-51H2/b19-14+/t33-,37-,41+,49-/m0/s1. The van der Waals surface area contributed by atoms with E-state index in [1.54, 1.807) is 47.3 Å². The lowest BCUT2D eigenvalue weighted by molar-refractivity contribution is -0.114. The molecule has 3 aliphatic rings. The molecule has 9 N–H and O–H groups in total. The van der Waals surface area contributed by atoms with Gasteiger partial charge in [-0.2, -0.15) is 0 Å². The molecule has 1 fully saturated rings. The molecule has 0 amide bonds. The van der Waals surface area contributed by atoms with Crippen LogP contribution in [0.3, 0.4) is 0 Å². The molecule has 322 valence electrons. The number of nitrogens with two attached hydrogens (primary N) is 2. The van der Waals surface area contributed by atoms with E-state index in [0.717, 1.165) is 77.8 Å². The molecule has 61 heavy (non-hydrogen) atoms. The Morgan fingerprint density at radius 1 is 0.951 bits per heavy atom. The third kappa shape index (κ3) is 11.3. The Kier molecular flexibility index (Phi) is 15.0. The summed E-state index contributed by atoms with van der Waals surface area (Å²) in [4.78, 5) is 30.6. The van der Waals surface area contributed by atoms with E-state index in [9.17, 15) is 30.0 Å². The van der Waals surface area contributed by atoms with Crippen molar-refractivity contribution < 1.29 is 34.8 Å². The number of hydrogen-bond acceptors (Lipinski definition) is 11. The summed E-state index contributed by atoms with van der Waals surface area (Å²) in [5, 5.41) is 41.5. The lowest BCUT2D eigenvalue weighted by atomic mass is 9.79. The fourth-order valence-corrected chi connectivity index (χ4v) is 11.6. The number of carbonyl (C=O) groups excluding carboxylic acids is 2. The van der Waals surface area contributed by atoms with Crippen LogP contribution in [0.15, 0.2) is 72.9 Å². The van der Waals surface area contributed by atoms with E-state index >= 15 is 0 Å². The summed E-state index contributed by atoms with van der Waals surface area (Å²) in [5.41, 5.74) is 19.7. The molecular formula is C49H57N3O7S2. The van der Waals surface area contributed by atoms with Crippen LogP contribution in [0.1, 0.15) is 125 Å². The summed E-state index contributed by atoms with van der Waals surface area (Å²) in [7, 11) is 3.56. The Morgan fingerprint density at radius 3 is 2.59 bits per heavy atom. The first kappa shape index (κ1) is 44.6. The van der Waals surface area contributed by atoms with Crippen LogP contribution < -0.4 is 16.2 Å². The minimum absolute atomic E-state index is 0.00789. The molecule has 3 aromatic carbocycles. The van der Waals surface area contributed by atoms with Gasteiger partial charge in [-0.25, -0.2) is 0 Å². The molecule has 4 aromatic rings. The molecule has 0 saturated heterocycles. The number of ketones is 2. The number of nitrogens with one attached hydrogen (secondary N) is 1. The van der Waals surface area contributed by atoms with Gasteiger partial charge in [0, 0.05) is 65.3 Å². The maximum atomic E-state index is 14.1. The zero-order valence-electron chi connectivity index (χ0n) is 34.5. The molecule has 1 aromatic heterocycles. The van der Waals surface area contributed by atoms with Crippen molar-refractivity contribution in [3.05, 3.63) is 123 Å². The first-order valence-corrected chi connectivity index (χ1v) is 23.9. The van der Waals surface area contributed by atoms with Crippen LogP contribution in [0.5, 0.6) is 17.2 Å². The number of aliphatic hydroxyl groups excluding tert-OH is 2. The van der Waals surface area contributed by atoms with Crippen LogP contribution in [-0.2, 0) is 29.8 Å². The van der Waals surface area contributed by atoms with E-state index in [2.05, 4.69) is 29.0 Å². The van der Waals surface area contributed by atoms with Crippen molar-refractivity contribution in [1.82, 2.24) is 4.98 Å². The van der Waals surface area contributed by atoms with Crippen molar-refractivity contribution in [3.63, 3.8) is 0 Å². The zero-order valence-corrected chi connectivity index (χ0v) is 36.2. The van der Waals surface area contributed by atoms with E-state index in [-0.39, 0.29) is 48.1 Å². The number of phenolic OH excluding ortho intramolecular Hbond substituents is 2. The maximum Gasteiger partial charge on any atom is 0.165 e.